The second kappa shape index (κ2) is 7.83. The van der Waals surface area contributed by atoms with Crippen molar-refractivity contribution in [1.82, 2.24) is 4.98 Å². The van der Waals surface area contributed by atoms with Crippen LogP contribution in [-0.2, 0) is 10.1 Å². The molecule has 1 unspecified atom stereocenters. The largest absolute Gasteiger partial charge is 1.00 e. The zero-order valence-electron chi connectivity index (χ0n) is 10.1. The van der Waals surface area contributed by atoms with Crippen LogP contribution in [0.5, 0.6) is 0 Å². The Balaban J connectivity index is 0.00000180. The number of para-hydroxylation sites is 1. The van der Waals surface area contributed by atoms with Crippen molar-refractivity contribution < 1.29 is 69.5 Å². The second-order valence-electron chi connectivity index (χ2n) is 3.64. The van der Waals surface area contributed by atoms with Gasteiger partial charge in [0.25, 0.3) is 0 Å². The first-order valence-corrected chi connectivity index (χ1v) is 8.42. The van der Waals surface area contributed by atoms with Gasteiger partial charge in [-0.1, -0.05) is 23.9 Å². The number of thioether (sulfide) groups is 1. The summed E-state index contributed by atoms with van der Waals surface area (Å²) in [7, 11) is -4.38. The number of hydrogen-bond acceptors (Lipinski definition) is 7. The van der Waals surface area contributed by atoms with Crippen molar-refractivity contribution in [2.45, 2.75) is 10.4 Å². The fourth-order valence-corrected chi connectivity index (χ4v) is 4.12. The Labute approximate surface area is 162 Å². The molecule has 0 bridgehead atoms. The fourth-order valence-electron chi connectivity index (χ4n) is 1.36. The number of rotatable bonds is 5. The normalized spacial score (nSPS) is 13.2. The maximum atomic E-state index is 10.5. The summed E-state index contributed by atoms with van der Waals surface area (Å²) >= 11 is 2.72. The minimum Gasteiger partial charge on any atom is -0.748 e. The van der Waals surface area contributed by atoms with Gasteiger partial charge < -0.3 is 9.66 Å². The van der Waals surface area contributed by atoms with Crippen LogP contribution in [0.15, 0.2) is 28.6 Å². The molecule has 98 valence electrons. The number of nitrogens with zero attached hydrogens (tertiary/aromatic N) is 1. The van der Waals surface area contributed by atoms with Gasteiger partial charge in [0, 0.05) is 5.75 Å². The van der Waals surface area contributed by atoms with Crippen molar-refractivity contribution >= 4 is 43.4 Å². The van der Waals surface area contributed by atoms with Crippen molar-refractivity contribution in [3.05, 3.63) is 24.3 Å². The smallest absolute Gasteiger partial charge is 0.748 e. The van der Waals surface area contributed by atoms with Crippen LogP contribution in [-0.4, -0.2) is 40.7 Å². The summed E-state index contributed by atoms with van der Waals surface area (Å²) in [5, 5.41) is 9.40. The summed E-state index contributed by atoms with van der Waals surface area (Å²) in [6.45, 7) is 0. The van der Waals surface area contributed by atoms with Gasteiger partial charge in [0.2, 0.25) is 0 Å². The zero-order chi connectivity index (χ0) is 13.2. The number of thiazole rings is 1. The molecule has 19 heavy (non-hydrogen) atoms. The van der Waals surface area contributed by atoms with E-state index in [1.807, 2.05) is 24.3 Å². The summed E-state index contributed by atoms with van der Waals surface area (Å²) in [5.41, 5.74) is 0.871. The average Bonchev–Trinajstić information content (AvgIpc) is 2.66. The molecule has 0 saturated heterocycles. The molecular weight excluding hydrogens is 333 g/mol. The van der Waals surface area contributed by atoms with Crippen molar-refractivity contribution in [2.75, 3.05) is 11.5 Å². The van der Waals surface area contributed by atoms with Crippen molar-refractivity contribution in [3.63, 3.8) is 0 Å². The van der Waals surface area contributed by atoms with Gasteiger partial charge in [-0.2, -0.15) is 0 Å². The summed E-state index contributed by atoms with van der Waals surface area (Å²) in [4.78, 5) is 4.32. The monoisotopic (exact) mass is 343 g/mol. The van der Waals surface area contributed by atoms with E-state index in [0.717, 1.165) is 14.6 Å². The average molecular weight is 343 g/mol. The Morgan fingerprint density at radius 3 is 2.74 bits per heavy atom. The molecule has 0 fully saturated rings. The molecule has 1 N–H and O–H groups in total. The first-order chi connectivity index (χ1) is 8.44. The van der Waals surface area contributed by atoms with E-state index in [1.165, 1.54) is 23.1 Å². The molecule has 1 aromatic carbocycles. The van der Waals surface area contributed by atoms with Gasteiger partial charge in [0.05, 0.1) is 32.2 Å². The summed E-state index contributed by atoms with van der Waals surface area (Å²) in [6.07, 6.45) is -1.16. The van der Waals surface area contributed by atoms with E-state index in [-0.39, 0.29) is 57.1 Å². The topological polar surface area (TPSA) is 90.3 Å². The van der Waals surface area contributed by atoms with E-state index in [4.69, 9.17) is 0 Å². The summed E-state index contributed by atoms with van der Waals surface area (Å²) in [5.74, 6) is -0.619. The predicted octanol–water partition coefficient (Wildman–Crippen LogP) is -1.70. The van der Waals surface area contributed by atoms with Crippen LogP contribution in [0, 0.1) is 0 Å². The Hall–Kier alpha value is 0.966. The van der Waals surface area contributed by atoms with Crippen LogP contribution >= 0.6 is 23.1 Å². The minimum absolute atomic E-state index is 0. The van der Waals surface area contributed by atoms with Gasteiger partial charge in [-0.15, -0.1) is 11.3 Å². The second-order valence-corrected chi connectivity index (χ2v) is 7.38. The molecule has 0 radical (unpaired) electrons. The first kappa shape index (κ1) is 18.0. The Kier molecular flexibility index (Phi) is 7.42. The zero-order valence-corrected chi connectivity index (χ0v) is 15.7. The molecule has 0 saturated carbocycles. The molecule has 0 aliphatic rings. The molecule has 0 spiro atoms. The van der Waals surface area contributed by atoms with Crippen LogP contribution in [0.25, 0.3) is 10.2 Å². The van der Waals surface area contributed by atoms with Crippen LogP contribution in [0.1, 0.15) is 0 Å². The first-order valence-electron chi connectivity index (χ1n) is 5.04. The van der Waals surface area contributed by atoms with E-state index in [0.29, 0.717) is 0 Å². The van der Waals surface area contributed by atoms with Crippen LogP contribution in [0.4, 0.5) is 0 Å². The number of aromatic nitrogens is 1. The minimum atomic E-state index is -4.38. The SMILES string of the molecule is O=S(=O)([O-])CC(O)CSc1nc2ccccc2s1.[K+]. The molecule has 2 aromatic rings. The van der Waals surface area contributed by atoms with E-state index >= 15 is 0 Å². The maximum Gasteiger partial charge on any atom is 1.00 e. The molecule has 0 aliphatic heterocycles. The molecule has 0 amide bonds. The molecule has 9 heteroatoms. The van der Waals surface area contributed by atoms with E-state index < -0.39 is 22.0 Å². The third-order valence-electron chi connectivity index (χ3n) is 2.07. The van der Waals surface area contributed by atoms with Gasteiger partial charge in [-0.3, -0.25) is 0 Å². The van der Waals surface area contributed by atoms with Gasteiger partial charge in [0.1, 0.15) is 0 Å². The summed E-state index contributed by atoms with van der Waals surface area (Å²) < 4.78 is 33.2. The Morgan fingerprint density at radius 1 is 1.42 bits per heavy atom. The third kappa shape index (κ3) is 6.08. The molecule has 1 atom stereocenters. The van der Waals surface area contributed by atoms with Gasteiger partial charge in [0.15, 0.2) is 4.34 Å². The van der Waals surface area contributed by atoms with Gasteiger partial charge in [-0.05, 0) is 12.1 Å². The van der Waals surface area contributed by atoms with E-state index in [2.05, 4.69) is 4.98 Å². The predicted molar refractivity (Wildman–Crippen MR) is 70.9 cm³/mol. The Bertz CT molecular complexity index is 610. The maximum absolute atomic E-state index is 10.5. The van der Waals surface area contributed by atoms with E-state index in [1.54, 1.807) is 0 Å². The van der Waals surface area contributed by atoms with E-state index in [9.17, 15) is 18.1 Å². The van der Waals surface area contributed by atoms with Crippen LogP contribution in [0.3, 0.4) is 0 Å². The van der Waals surface area contributed by atoms with Crippen molar-refractivity contribution in [3.8, 4) is 0 Å². The fraction of sp³-hybridized carbons (Fsp3) is 0.300. The standard InChI is InChI=1S/C10H11NO4S3.K/c12-7(6-18(13,14)15)5-16-10-11-8-3-1-2-4-9(8)17-10;/h1-4,7,12H,5-6H2,(H,13,14,15);/q;+1/p-1. The quantitative estimate of drug-likeness (QED) is 0.395. The van der Waals surface area contributed by atoms with Crippen LogP contribution in [0.2, 0.25) is 0 Å². The molecule has 0 aliphatic carbocycles. The molecule has 2 rings (SSSR count). The molecule has 1 heterocycles. The van der Waals surface area contributed by atoms with Crippen molar-refractivity contribution in [2.24, 2.45) is 0 Å². The van der Waals surface area contributed by atoms with Gasteiger partial charge >= 0.3 is 51.4 Å². The van der Waals surface area contributed by atoms with Gasteiger partial charge in [-0.25, -0.2) is 13.4 Å². The molecule has 5 nitrogen and oxygen atoms in total. The number of hydrogen-bond donors (Lipinski definition) is 1. The number of fused-ring (bicyclic) bond motifs is 1. The number of aliphatic hydroxyl groups is 1. The van der Waals surface area contributed by atoms with Crippen molar-refractivity contribution in [1.29, 1.82) is 0 Å². The molecule has 1 aromatic heterocycles. The summed E-state index contributed by atoms with van der Waals surface area (Å²) in [6, 6.07) is 7.62. The molecular formula is C10H10KNO4S3. The number of aliphatic hydroxyl groups excluding tert-OH is 1. The van der Waals surface area contributed by atoms with Crippen LogP contribution < -0.4 is 51.4 Å². The third-order valence-corrected chi connectivity index (χ3v) is 5.19. The number of benzene rings is 1. The Morgan fingerprint density at radius 2 is 2.11 bits per heavy atom.